The summed E-state index contributed by atoms with van der Waals surface area (Å²) in [6.45, 7) is 0. The van der Waals surface area contributed by atoms with Crippen LogP contribution in [0.3, 0.4) is 0 Å². The van der Waals surface area contributed by atoms with Gasteiger partial charge in [0.15, 0.2) is 6.29 Å². The van der Waals surface area contributed by atoms with Crippen LogP contribution in [0.25, 0.3) is 0 Å². The molecule has 1 fully saturated rings. The van der Waals surface area contributed by atoms with Gasteiger partial charge in [-0.3, -0.25) is 14.1 Å². The molecule has 1 aromatic rings. The van der Waals surface area contributed by atoms with Crippen LogP contribution in [-0.2, 0) is 20.1 Å². The minimum absolute atomic E-state index is 0.294. The van der Waals surface area contributed by atoms with Crippen molar-refractivity contribution in [3.05, 3.63) is 30.1 Å². The van der Waals surface area contributed by atoms with Crippen LogP contribution in [0.2, 0.25) is 0 Å². The molecule has 1 saturated carbocycles. The minimum atomic E-state index is -5.01. The lowest BCUT2D eigenvalue weighted by Crippen LogP contribution is -2.33. The molecule has 0 amide bonds. The zero-order valence-corrected chi connectivity index (χ0v) is 14.9. The van der Waals surface area contributed by atoms with E-state index in [4.69, 9.17) is 4.52 Å². The second-order valence-corrected chi connectivity index (χ2v) is 9.63. The van der Waals surface area contributed by atoms with E-state index in [1.54, 1.807) is 0 Å². The van der Waals surface area contributed by atoms with Gasteiger partial charge in [-0.25, -0.2) is 0 Å². The fourth-order valence-electron chi connectivity index (χ4n) is 2.79. The number of aliphatic hydroxyl groups excluding tert-OH is 1. The first-order chi connectivity index (χ1) is 11.3. The predicted molar refractivity (Wildman–Crippen MR) is 86.2 cm³/mol. The number of rotatable bonds is 7. The second kappa shape index (κ2) is 8.11. The smallest absolute Gasteiger partial charge is 0.367 e. The Kier molecular flexibility index (Phi) is 6.62. The summed E-state index contributed by atoms with van der Waals surface area (Å²) in [6.07, 6.45) is 4.62. The fourth-order valence-corrected chi connectivity index (χ4v) is 5.13. The molecule has 0 aliphatic heterocycles. The summed E-state index contributed by atoms with van der Waals surface area (Å²) in [5.41, 5.74) is 0.294. The molecule has 0 saturated heterocycles. The molecule has 1 heterocycles. The molecular weight excluding hydrogens is 356 g/mol. The lowest BCUT2D eigenvalue weighted by atomic mass is 9.89. The van der Waals surface area contributed by atoms with Crippen molar-refractivity contribution in [2.75, 3.05) is 0 Å². The molecule has 4 unspecified atom stereocenters. The van der Waals surface area contributed by atoms with Crippen LogP contribution in [0.1, 0.15) is 37.7 Å². The summed E-state index contributed by atoms with van der Waals surface area (Å²) >= 11 is 0. The highest BCUT2D eigenvalue weighted by molar-refractivity contribution is 7.67. The van der Waals surface area contributed by atoms with Crippen molar-refractivity contribution >= 4 is 15.6 Å². The van der Waals surface area contributed by atoms with E-state index in [1.807, 2.05) is 0 Å². The molecule has 1 aliphatic carbocycles. The Labute approximate surface area is 140 Å². The Balaban J connectivity index is 2.17. The maximum absolute atomic E-state index is 12.5. The van der Waals surface area contributed by atoms with Gasteiger partial charge in [-0.1, -0.05) is 25.3 Å². The van der Waals surface area contributed by atoms with Crippen LogP contribution in [0.5, 0.6) is 0 Å². The maximum atomic E-state index is 12.5. The molecule has 0 spiro atoms. The van der Waals surface area contributed by atoms with Gasteiger partial charge in [0.25, 0.3) is 0 Å². The standard InChI is InChI=1S/C14H21NO7P2/c16-13(12-6-2-1-3-7-12)22-24(20,21)14(17,23(18)19)9-11-5-4-8-15-10-11/h4-5,8,10,12-13,16-17H,1-3,6-7,9H2,(H-,18,19,20,21)/p+1. The monoisotopic (exact) mass is 378 g/mol. The van der Waals surface area contributed by atoms with Crippen molar-refractivity contribution in [3.63, 3.8) is 0 Å². The Hall–Kier alpha value is -0.720. The van der Waals surface area contributed by atoms with Gasteiger partial charge in [-0.05, 0) is 29.0 Å². The second-order valence-electron chi connectivity index (χ2n) is 6.00. The van der Waals surface area contributed by atoms with Gasteiger partial charge in [0.1, 0.15) is 0 Å². The highest BCUT2D eigenvalue weighted by Gasteiger charge is 2.65. The average Bonchev–Trinajstić information content (AvgIpc) is 2.55. The highest BCUT2D eigenvalue weighted by Crippen LogP contribution is 2.65. The fraction of sp³-hybridized carbons (Fsp3) is 0.643. The van der Waals surface area contributed by atoms with E-state index in [2.05, 4.69) is 4.98 Å². The number of nitrogens with zero attached hydrogens (tertiary/aromatic N) is 1. The van der Waals surface area contributed by atoms with E-state index in [-0.39, 0.29) is 5.92 Å². The van der Waals surface area contributed by atoms with Gasteiger partial charge >= 0.3 is 20.7 Å². The van der Waals surface area contributed by atoms with Crippen molar-refractivity contribution in [3.8, 4) is 0 Å². The van der Waals surface area contributed by atoms with E-state index in [1.165, 1.54) is 24.5 Å². The summed E-state index contributed by atoms with van der Waals surface area (Å²) in [7, 11) is -8.49. The molecule has 4 N–H and O–H groups in total. The first-order valence-corrected chi connectivity index (χ1v) is 10.5. The topological polar surface area (TPSA) is 137 Å². The van der Waals surface area contributed by atoms with E-state index < -0.39 is 33.4 Å². The van der Waals surface area contributed by atoms with Crippen LogP contribution in [-0.4, -0.2) is 36.4 Å². The third-order valence-electron chi connectivity index (χ3n) is 4.23. The summed E-state index contributed by atoms with van der Waals surface area (Å²) in [4.78, 5) is 23.4. The van der Waals surface area contributed by atoms with Crippen LogP contribution in [0.4, 0.5) is 0 Å². The van der Waals surface area contributed by atoms with E-state index >= 15 is 0 Å². The zero-order valence-electron chi connectivity index (χ0n) is 13.1. The number of pyridine rings is 1. The molecule has 24 heavy (non-hydrogen) atoms. The maximum Gasteiger partial charge on any atom is 0.555 e. The van der Waals surface area contributed by atoms with E-state index in [0.29, 0.717) is 18.4 Å². The molecule has 10 heteroatoms. The lowest BCUT2D eigenvalue weighted by Gasteiger charge is -2.29. The Morgan fingerprint density at radius 1 is 1.42 bits per heavy atom. The van der Waals surface area contributed by atoms with Crippen LogP contribution in [0, 0.1) is 5.92 Å². The van der Waals surface area contributed by atoms with Gasteiger partial charge < -0.3 is 15.1 Å². The number of aliphatic hydroxyl groups is 2. The molecule has 0 bridgehead atoms. The van der Waals surface area contributed by atoms with Crippen LogP contribution >= 0.6 is 15.6 Å². The molecule has 0 aromatic carbocycles. The SMILES string of the molecule is O=[P+](O)C(O)(Cc1cccnc1)P(=O)(O)OC(O)C1CCCCC1. The van der Waals surface area contributed by atoms with Crippen molar-refractivity contribution in [1.82, 2.24) is 4.98 Å². The van der Waals surface area contributed by atoms with Gasteiger partial charge in [0, 0.05) is 18.3 Å². The third kappa shape index (κ3) is 4.46. The zero-order chi connectivity index (χ0) is 17.8. The molecule has 4 atom stereocenters. The molecule has 8 nitrogen and oxygen atoms in total. The highest BCUT2D eigenvalue weighted by atomic mass is 31.2. The van der Waals surface area contributed by atoms with Crippen molar-refractivity contribution in [2.45, 2.75) is 49.9 Å². The number of hydrogen-bond acceptors (Lipinski definition) is 6. The third-order valence-corrected chi connectivity index (χ3v) is 7.83. The number of aromatic nitrogens is 1. The van der Waals surface area contributed by atoms with Gasteiger partial charge in [0.2, 0.25) is 0 Å². The molecule has 0 radical (unpaired) electrons. The quantitative estimate of drug-likeness (QED) is 0.418. The van der Waals surface area contributed by atoms with Crippen molar-refractivity contribution < 1.29 is 33.7 Å². The molecule has 1 aromatic heterocycles. The molecule has 2 rings (SSSR count). The summed E-state index contributed by atoms with van der Waals surface area (Å²) in [5, 5.41) is 17.6. The number of hydrogen-bond donors (Lipinski definition) is 4. The van der Waals surface area contributed by atoms with Gasteiger partial charge in [-0.2, -0.15) is 4.89 Å². The van der Waals surface area contributed by atoms with E-state index in [9.17, 15) is 29.1 Å². The molecule has 1 aliphatic rings. The Bertz CT molecular complexity index is 608. The average molecular weight is 378 g/mol. The van der Waals surface area contributed by atoms with Crippen molar-refractivity contribution in [1.29, 1.82) is 0 Å². The van der Waals surface area contributed by atoms with Crippen LogP contribution in [0.15, 0.2) is 24.5 Å². The Morgan fingerprint density at radius 3 is 2.62 bits per heavy atom. The summed E-state index contributed by atoms with van der Waals surface area (Å²) in [6, 6.07) is 3.02. The van der Waals surface area contributed by atoms with Gasteiger partial charge in [0.05, 0.1) is 6.42 Å². The van der Waals surface area contributed by atoms with Crippen molar-refractivity contribution in [2.24, 2.45) is 5.92 Å². The largest absolute Gasteiger partial charge is 0.555 e. The summed E-state index contributed by atoms with van der Waals surface area (Å²) in [5.74, 6) is -0.335. The minimum Gasteiger partial charge on any atom is -0.367 e. The molecule has 134 valence electrons. The summed E-state index contributed by atoms with van der Waals surface area (Å²) < 4.78 is 28.9. The first kappa shape index (κ1) is 19.6. The van der Waals surface area contributed by atoms with E-state index in [0.717, 1.165) is 19.3 Å². The normalized spacial score (nSPS) is 23.1. The van der Waals surface area contributed by atoms with Gasteiger partial charge in [-0.15, -0.1) is 0 Å². The Morgan fingerprint density at radius 2 is 2.08 bits per heavy atom. The first-order valence-electron chi connectivity index (χ1n) is 7.73. The molecular formula is C14H22NO7P2+. The van der Waals surface area contributed by atoms with Crippen LogP contribution < -0.4 is 0 Å². The lowest BCUT2D eigenvalue weighted by molar-refractivity contribution is -0.0836. The predicted octanol–water partition coefficient (Wildman–Crippen LogP) is 2.11.